The van der Waals surface area contributed by atoms with Crippen molar-refractivity contribution in [3.8, 4) is 0 Å². The maximum Gasteiger partial charge on any atom is 0.340 e. The van der Waals surface area contributed by atoms with Crippen LogP contribution in [-0.2, 0) is 9.53 Å². The Morgan fingerprint density at radius 3 is 2.59 bits per heavy atom. The second-order valence-electron chi connectivity index (χ2n) is 5.74. The van der Waals surface area contributed by atoms with Gasteiger partial charge in [0.25, 0.3) is 5.91 Å². The number of nitrogen functional groups attached to an aromatic ring is 1. The molecule has 0 aromatic heterocycles. The molecule has 2 rings (SSSR count). The standard InChI is InChI=1S/C16H21BrN2O3/c1-10-4-3-5-11(2)19(10)15(20)9-22-16(21)13-8-12(17)6-7-14(13)18/h6-8,10-11H,3-5,9,18H2,1-2H3/t10-,11-/m0/s1. The first kappa shape index (κ1) is 16.8. The number of nitrogens with zero attached hydrogens (tertiary/aromatic N) is 1. The summed E-state index contributed by atoms with van der Waals surface area (Å²) in [7, 11) is 0. The van der Waals surface area contributed by atoms with Crippen LogP contribution in [0.15, 0.2) is 22.7 Å². The van der Waals surface area contributed by atoms with Crippen LogP contribution >= 0.6 is 15.9 Å². The number of hydrogen-bond donors (Lipinski definition) is 1. The zero-order valence-corrected chi connectivity index (χ0v) is 14.4. The van der Waals surface area contributed by atoms with E-state index in [1.807, 2.05) is 18.7 Å². The molecule has 1 amide bonds. The fourth-order valence-electron chi connectivity index (χ4n) is 2.90. The van der Waals surface area contributed by atoms with E-state index in [2.05, 4.69) is 15.9 Å². The fraction of sp³-hybridized carbons (Fsp3) is 0.500. The molecule has 2 atom stereocenters. The summed E-state index contributed by atoms with van der Waals surface area (Å²) in [6.07, 6.45) is 3.10. The van der Waals surface area contributed by atoms with Gasteiger partial charge in [-0.1, -0.05) is 15.9 Å². The smallest absolute Gasteiger partial charge is 0.340 e. The third-order valence-electron chi connectivity index (χ3n) is 4.04. The highest BCUT2D eigenvalue weighted by atomic mass is 79.9. The number of nitrogens with two attached hydrogens (primary N) is 1. The van der Waals surface area contributed by atoms with E-state index >= 15 is 0 Å². The number of rotatable bonds is 3. The molecule has 0 saturated carbocycles. The highest BCUT2D eigenvalue weighted by Crippen LogP contribution is 2.23. The molecule has 5 nitrogen and oxygen atoms in total. The second kappa shape index (κ2) is 7.13. The number of esters is 1. The van der Waals surface area contributed by atoms with Gasteiger partial charge in [-0.2, -0.15) is 0 Å². The number of anilines is 1. The first-order valence-corrected chi connectivity index (χ1v) is 8.22. The predicted molar refractivity (Wildman–Crippen MR) is 88.5 cm³/mol. The Hall–Kier alpha value is -1.56. The van der Waals surface area contributed by atoms with Crippen LogP contribution in [0, 0.1) is 0 Å². The molecular weight excluding hydrogens is 348 g/mol. The average Bonchev–Trinajstić information content (AvgIpc) is 2.47. The first-order chi connectivity index (χ1) is 10.4. The van der Waals surface area contributed by atoms with E-state index in [-0.39, 0.29) is 30.2 Å². The Kier molecular flexibility index (Phi) is 5.45. The number of hydrogen-bond acceptors (Lipinski definition) is 4. The number of carbonyl (C=O) groups is 2. The van der Waals surface area contributed by atoms with Crippen molar-refractivity contribution in [1.29, 1.82) is 0 Å². The van der Waals surface area contributed by atoms with Crippen LogP contribution in [0.3, 0.4) is 0 Å². The van der Waals surface area contributed by atoms with Gasteiger partial charge >= 0.3 is 5.97 Å². The van der Waals surface area contributed by atoms with Gasteiger partial charge in [0.1, 0.15) is 0 Å². The van der Waals surface area contributed by atoms with Crippen molar-refractivity contribution in [2.45, 2.75) is 45.2 Å². The molecule has 1 aromatic rings. The minimum atomic E-state index is -0.579. The Bertz CT molecular complexity index is 567. The lowest BCUT2D eigenvalue weighted by molar-refractivity contribution is -0.140. The van der Waals surface area contributed by atoms with Crippen molar-refractivity contribution in [3.63, 3.8) is 0 Å². The quantitative estimate of drug-likeness (QED) is 0.657. The molecular formula is C16H21BrN2O3. The normalized spacial score (nSPS) is 21.5. The van der Waals surface area contributed by atoms with Crippen LogP contribution in [0.5, 0.6) is 0 Å². The SMILES string of the molecule is C[C@H]1CCC[C@H](C)N1C(=O)COC(=O)c1cc(Br)ccc1N. The number of ether oxygens (including phenoxy) is 1. The molecule has 2 N–H and O–H groups in total. The predicted octanol–water partition coefficient (Wildman–Crippen LogP) is 2.98. The largest absolute Gasteiger partial charge is 0.452 e. The van der Waals surface area contributed by atoms with Gasteiger partial charge in [-0.15, -0.1) is 0 Å². The van der Waals surface area contributed by atoms with E-state index in [4.69, 9.17) is 10.5 Å². The number of benzene rings is 1. The first-order valence-electron chi connectivity index (χ1n) is 7.43. The monoisotopic (exact) mass is 368 g/mol. The number of halogens is 1. The van der Waals surface area contributed by atoms with Gasteiger partial charge in [-0.25, -0.2) is 4.79 Å². The van der Waals surface area contributed by atoms with Gasteiger partial charge in [0.15, 0.2) is 6.61 Å². The molecule has 1 saturated heterocycles. The fourth-order valence-corrected chi connectivity index (χ4v) is 3.26. The van der Waals surface area contributed by atoms with E-state index < -0.39 is 5.97 Å². The molecule has 1 heterocycles. The third kappa shape index (κ3) is 3.80. The summed E-state index contributed by atoms with van der Waals surface area (Å²) >= 11 is 3.28. The molecule has 0 spiro atoms. The highest BCUT2D eigenvalue weighted by molar-refractivity contribution is 9.10. The van der Waals surface area contributed by atoms with Gasteiger partial charge in [0.05, 0.1) is 5.56 Å². The Balaban J connectivity index is 1.98. The lowest BCUT2D eigenvalue weighted by atomic mass is 9.97. The van der Waals surface area contributed by atoms with E-state index in [1.165, 1.54) is 0 Å². The highest BCUT2D eigenvalue weighted by Gasteiger charge is 2.29. The lowest BCUT2D eigenvalue weighted by Crippen LogP contribution is -2.49. The van der Waals surface area contributed by atoms with Gasteiger partial charge in [0, 0.05) is 22.2 Å². The maximum absolute atomic E-state index is 12.3. The summed E-state index contributed by atoms with van der Waals surface area (Å²) < 4.78 is 5.88. The van der Waals surface area contributed by atoms with Crippen molar-refractivity contribution in [2.75, 3.05) is 12.3 Å². The van der Waals surface area contributed by atoms with Gasteiger partial charge in [-0.05, 0) is 51.3 Å². The molecule has 0 aliphatic carbocycles. The van der Waals surface area contributed by atoms with Crippen LogP contribution < -0.4 is 5.73 Å². The van der Waals surface area contributed by atoms with Crippen LogP contribution in [0.1, 0.15) is 43.5 Å². The molecule has 1 fully saturated rings. The molecule has 22 heavy (non-hydrogen) atoms. The minimum Gasteiger partial charge on any atom is -0.452 e. The van der Waals surface area contributed by atoms with Crippen LogP contribution in [0.2, 0.25) is 0 Å². The minimum absolute atomic E-state index is 0.151. The molecule has 1 aliphatic rings. The zero-order valence-electron chi connectivity index (χ0n) is 12.8. The third-order valence-corrected chi connectivity index (χ3v) is 4.54. The van der Waals surface area contributed by atoms with Crippen molar-refractivity contribution in [2.24, 2.45) is 0 Å². The molecule has 6 heteroatoms. The molecule has 1 aliphatic heterocycles. The van der Waals surface area contributed by atoms with E-state index in [0.717, 1.165) is 23.7 Å². The summed E-state index contributed by atoms with van der Waals surface area (Å²) in [6, 6.07) is 5.33. The van der Waals surface area contributed by atoms with E-state index in [9.17, 15) is 9.59 Å². The maximum atomic E-state index is 12.3. The Morgan fingerprint density at radius 1 is 1.32 bits per heavy atom. The molecule has 120 valence electrons. The summed E-state index contributed by atoms with van der Waals surface area (Å²) in [5, 5.41) is 0. The topological polar surface area (TPSA) is 72.6 Å². The Labute approximate surface area is 138 Å². The number of amides is 1. The van der Waals surface area contributed by atoms with E-state index in [1.54, 1.807) is 18.2 Å². The van der Waals surface area contributed by atoms with Crippen LogP contribution in [-0.4, -0.2) is 35.5 Å². The molecule has 0 unspecified atom stereocenters. The average molecular weight is 369 g/mol. The molecule has 0 radical (unpaired) electrons. The van der Waals surface area contributed by atoms with Gasteiger partial charge < -0.3 is 15.4 Å². The van der Waals surface area contributed by atoms with Crippen molar-refractivity contribution < 1.29 is 14.3 Å². The van der Waals surface area contributed by atoms with Crippen LogP contribution in [0.25, 0.3) is 0 Å². The lowest BCUT2D eigenvalue weighted by Gasteiger charge is -2.38. The van der Waals surface area contributed by atoms with Gasteiger partial charge in [0.2, 0.25) is 0 Å². The molecule has 0 bridgehead atoms. The number of likely N-dealkylation sites (tertiary alicyclic amines) is 1. The second-order valence-corrected chi connectivity index (χ2v) is 6.65. The van der Waals surface area contributed by atoms with Crippen molar-refractivity contribution >= 4 is 33.5 Å². The van der Waals surface area contributed by atoms with Crippen LogP contribution in [0.4, 0.5) is 5.69 Å². The summed E-state index contributed by atoms with van der Waals surface area (Å²) in [5.74, 6) is -0.730. The van der Waals surface area contributed by atoms with Crippen molar-refractivity contribution in [1.82, 2.24) is 4.90 Å². The van der Waals surface area contributed by atoms with Gasteiger partial charge in [-0.3, -0.25) is 4.79 Å². The Morgan fingerprint density at radius 2 is 1.95 bits per heavy atom. The summed E-state index contributed by atoms with van der Waals surface area (Å²) in [5.41, 5.74) is 6.37. The van der Waals surface area contributed by atoms with Crippen molar-refractivity contribution in [3.05, 3.63) is 28.2 Å². The summed E-state index contributed by atoms with van der Waals surface area (Å²) in [6.45, 7) is 3.81. The number of carbonyl (C=O) groups excluding carboxylic acids is 2. The molecule has 1 aromatic carbocycles. The van der Waals surface area contributed by atoms with E-state index in [0.29, 0.717) is 5.69 Å². The zero-order chi connectivity index (χ0) is 16.3. The summed E-state index contributed by atoms with van der Waals surface area (Å²) in [4.78, 5) is 26.2. The number of piperidine rings is 1.